The molecule has 0 aromatic carbocycles. The summed E-state index contributed by atoms with van der Waals surface area (Å²) in [5.41, 5.74) is 1.91. The highest BCUT2D eigenvalue weighted by Crippen LogP contribution is 2.27. The molecule has 0 bridgehead atoms. The van der Waals surface area contributed by atoms with Gasteiger partial charge in [-0.2, -0.15) is 0 Å². The first kappa shape index (κ1) is 17.8. The Hall–Kier alpha value is -2.06. The van der Waals surface area contributed by atoms with Gasteiger partial charge in [0.05, 0.1) is 12.2 Å². The number of thiazole rings is 1. The van der Waals surface area contributed by atoms with Gasteiger partial charge in [-0.1, -0.05) is 0 Å². The molecule has 134 valence electrons. The fourth-order valence-electron chi connectivity index (χ4n) is 3.04. The first-order valence-electron chi connectivity index (χ1n) is 8.52. The summed E-state index contributed by atoms with van der Waals surface area (Å²) in [6.07, 6.45) is 1.98. The number of aromatic nitrogens is 3. The predicted octanol–water partition coefficient (Wildman–Crippen LogP) is 2.22. The van der Waals surface area contributed by atoms with Crippen molar-refractivity contribution >= 4 is 28.2 Å². The molecule has 2 N–H and O–H groups in total. The quantitative estimate of drug-likeness (QED) is 0.851. The molecule has 25 heavy (non-hydrogen) atoms. The lowest BCUT2D eigenvalue weighted by Crippen LogP contribution is -2.43. The van der Waals surface area contributed by atoms with Crippen LogP contribution in [0.1, 0.15) is 36.0 Å². The Morgan fingerprint density at radius 3 is 2.88 bits per heavy atom. The topological polar surface area (TPSA) is 83.0 Å². The standard InChI is InChI=1S/C17H24N6OS/c1-11-7-14(22-17-20-12(2)10-25-17)21-16(19-11)13-5-4-6-23(9-13)15(24)8-18-3/h7,10,13,18H,4-6,8-9H2,1-3H3,(H,19,20,21,22)/t13-/m0/s1. The van der Waals surface area contributed by atoms with Crippen LogP contribution in [-0.4, -0.2) is 52.4 Å². The Labute approximate surface area is 151 Å². The monoisotopic (exact) mass is 360 g/mol. The Morgan fingerprint density at radius 2 is 2.16 bits per heavy atom. The molecule has 1 aliphatic heterocycles. The van der Waals surface area contributed by atoms with Gasteiger partial charge in [0.25, 0.3) is 0 Å². The van der Waals surface area contributed by atoms with E-state index in [1.807, 2.05) is 30.2 Å². The molecule has 0 aliphatic carbocycles. The molecule has 1 amide bonds. The second-order valence-electron chi connectivity index (χ2n) is 6.38. The van der Waals surface area contributed by atoms with Gasteiger partial charge in [-0.15, -0.1) is 11.3 Å². The van der Waals surface area contributed by atoms with E-state index < -0.39 is 0 Å². The molecule has 0 radical (unpaired) electrons. The van der Waals surface area contributed by atoms with Gasteiger partial charge in [0.1, 0.15) is 11.6 Å². The van der Waals surface area contributed by atoms with Gasteiger partial charge in [0, 0.05) is 36.1 Å². The minimum absolute atomic E-state index is 0.136. The van der Waals surface area contributed by atoms with Gasteiger partial charge in [0.15, 0.2) is 5.13 Å². The number of nitrogens with zero attached hydrogens (tertiary/aromatic N) is 4. The fraction of sp³-hybridized carbons (Fsp3) is 0.529. The largest absolute Gasteiger partial charge is 0.341 e. The number of rotatable bonds is 5. The highest BCUT2D eigenvalue weighted by atomic mass is 32.1. The van der Waals surface area contributed by atoms with E-state index in [1.54, 1.807) is 18.4 Å². The van der Waals surface area contributed by atoms with Crippen LogP contribution in [0.15, 0.2) is 11.4 Å². The van der Waals surface area contributed by atoms with Crippen molar-refractivity contribution in [1.82, 2.24) is 25.2 Å². The molecule has 1 atom stereocenters. The third-order valence-electron chi connectivity index (χ3n) is 4.19. The van der Waals surface area contributed by atoms with Crippen molar-refractivity contribution in [2.75, 3.05) is 32.0 Å². The molecule has 1 fully saturated rings. The molecule has 2 aromatic heterocycles. The number of aryl methyl sites for hydroxylation is 2. The van der Waals surface area contributed by atoms with E-state index in [0.717, 1.165) is 47.5 Å². The first-order valence-corrected chi connectivity index (χ1v) is 9.40. The van der Waals surface area contributed by atoms with Crippen LogP contribution in [0.2, 0.25) is 0 Å². The van der Waals surface area contributed by atoms with Gasteiger partial charge in [-0.3, -0.25) is 4.79 Å². The Balaban J connectivity index is 1.76. The van der Waals surface area contributed by atoms with Crippen LogP contribution in [0.3, 0.4) is 0 Å². The van der Waals surface area contributed by atoms with Crippen LogP contribution in [0.25, 0.3) is 0 Å². The van der Waals surface area contributed by atoms with Crippen LogP contribution in [0.4, 0.5) is 10.9 Å². The Morgan fingerprint density at radius 1 is 1.32 bits per heavy atom. The minimum Gasteiger partial charge on any atom is -0.341 e. The number of likely N-dealkylation sites (N-methyl/N-ethyl adjacent to an activating group) is 1. The molecule has 8 heteroatoms. The lowest BCUT2D eigenvalue weighted by molar-refractivity contribution is -0.131. The third-order valence-corrected chi connectivity index (χ3v) is 5.07. The molecule has 3 heterocycles. The number of piperidine rings is 1. The summed E-state index contributed by atoms with van der Waals surface area (Å²) in [6, 6.07) is 1.92. The summed E-state index contributed by atoms with van der Waals surface area (Å²) in [5.74, 6) is 1.87. The Bertz CT molecular complexity index is 746. The molecule has 0 unspecified atom stereocenters. The number of amides is 1. The number of anilines is 2. The molecule has 0 saturated carbocycles. The van der Waals surface area contributed by atoms with Crippen molar-refractivity contribution in [2.45, 2.75) is 32.6 Å². The van der Waals surface area contributed by atoms with Crippen LogP contribution in [-0.2, 0) is 4.79 Å². The number of carbonyl (C=O) groups excluding carboxylic acids is 1. The van der Waals surface area contributed by atoms with Gasteiger partial charge in [0.2, 0.25) is 5.91 Å². The lowest BCUT2D eigenvalue weighted by atomic mass is 9.97. The summed E-state index contributed by atoms with van der Waals surface area (Å²) in [5, 5.41) is 9.03. The zero-order valence-corrected chi connectivity index (χ0v) is 15.7. The highest BCUT2D eigenvalue weighted by Gasteiger charge is 2.26. The zero-order chi connectivity index (χ0) is 17.8. The highest BCUT2D eigenvalue weighted by molar-refractivity contribution is 7.13. The van der Waals surface area contributed by atoms with Gasteiger partial charge in [-0.05, 0) is 33.7 Å². The third kappa shape index (κ3) is 4.52. The molecule has 2 aromatic rings. The second-order valence-corrected chi connectivity index (χ2v) is 7.24. The number of hydrogen-bond acceptors (Lipinski definition) is 7. The summed E-state index contributed by atoms with van der Waals surface area (Å²) in [4.78, 5) is 27.8. The van der Waals surface area contributed by atoms with E-state index >= 15 is 0 Å². The first-order chi connectivity index (χ1) is 12.0. The van der Waals surface area contributed by atoms with E-state index in [-0.39, 0.29) is 11.8 Å². The van der Waals surface area contributed by atoms with E-state index in [1.165, 1.54) is 0 Å². The summed E-state index contributed by atoms with van der Waals surface area (Å²) in [7, 11) is 1.79. The zero-order valence-electron chi connectivity index (χ0n) is 14.9. The van der Waals surface area contributed by atoms with Gasteiger partial charge < -0.3 is 15.5 Å². The molecule has 3 rings (SSSR count). The number of likely N-dealkylation sites (tertiary alicyclic amines) is 1. The van der Waals surface area contributed by atoms with Crippen molar-refractivity contribution in [2.24, 2.45) is 0 Å². The summed E-state index contributed by atoms with van der Waals surface area (Å²) >= 11 is 1.56. The van der Waals surface area contributed by atoms with Crippen molar-refractivity contribution in [1.29, 1.82) is 0 Å². The Kier molecular flexibility index (Phi) is 5.60. The molecular formula is C17H24N6OS. The number of nitrogens with one attached hydrogen (secondary N) is 2. The van der Waals surface area contributed by atoms with E-state index in [4.69, 9.17) is 4.98 Å². The summed E-state index contributed by atoms with van der Waals surface area (Å²) < 4.78 is 0. The van der Waals surface area contributed by atoms with Crippen LogP contribution >= 0.6 is 11.3 Å². The van der Waals surface area contributed by atoms with Crippen LogP contribution < -0.4 is 10.6 Å². The van der Waals surface area contributed by atoms with E-state index in [2.05, 4.69) is 20.6 Å². The lowest BCUT2D eigenvalue weighted by Gasteiger charge is -2.32. The maximum absolute atomic E-state index is 12.2. The maximum Gasteiger partial charge on any atom is 0.236 e. The van der Waals surface area contributed by atoms with Crippen molar-refractivity contribution < 1.29 is 4.79 Å². The van der Waals surface area contributed by atoms with Crippen molar-refractivity contribution in [3.63, 3.8) is 0 Å². The average Bonchev–Trinajstić information content (AvgIpc) is 2.99. The molecule has 1 aliphatic rings. The van der Waals surface area contributed by atoms with E-state index in [0.29, 0.717) is 13.1 Å². The normalized spacial score (nSPS) is 17.6. The molecule has 7 nitrogen and oxygen atoms in total. The van der Waals surface area contributed by atoms with Crippen LogP contribution in [0.5, 0.6) is 0 Å². The maximum atomic E-state index is 12.2. The average molecular weight is 360 g/mol. The van der Waals surface area contributed by atoms with Gasteiger partial charge in [-0.25, -0.2) is 15.0 Å². The predicted molar refractivity (Wildman–Crippen MR) is 99.4 cm³/mol. The smallest absolute Gasteiger partial charge is 0.236 e. The van der Waals surface area contributed by atoms with Crippen molar-refractivity contribution in [3.8, 4) is 0 Å². The molecule has 1 saturated heterocycles. The SMILES string of the molecule is CNCC(=O)N1CCC[C@H](c2nc(C)cc(Nc3nc(C)cs3)n2)C1. The van der Waals surface area contributed by atoms with E-state index in [9.17, 15) is 4.79 Å². The second kappa shape index (κ2) is 7.88. The van der Waals surface area contributed by atoms with Crippen LogP contribution in [0, 0.1) is 13.8 Å². The molecule has 0 spiro atoms. The minimum atomic E-state index is 0.136. The fourth-order valence-corrected chi connectivity index (χ4v) is 3.73. The van der Waals surface area contributed by atoms with Gasteiger partial charge >= 0.3 is 0 Å². The number of carbonyl (C=O) groups is 1. The summed E-state index contributed by atoms with van der Waals surface area (Å²) in [6.45, 7) is 5.80. The van der Waals surface area contributed by atoms with Crippen molar-refractivity contribution in [3.05, 3.63) is 28.7 Å². The molecular weight excluding hydrogens is 336 g/mol. The number of hydrogen-bond donors (Lipinski definition) is 2.